The lowest BCUT2D eigenvalue weighted by molar-refractivity contribution is -0.150. The molecule has 0 bridgehead atoms. The summed E-state index contributed by atoms with van der Waals surface area (Å²) in [6.45, 7) is 2.19. The van der Waals surface area contributed by atoms with Gasteiger partial charge in [0, 0.05) is 6.54 Å². The summed E-state index contributed by atoms with van der Waals surface area (Å²) in [6, 6.07) is 0. The smallest absolute Gasteiger partial charge is 0.451 e. The molecule has 0 aliphatic heterocycles. The van der Waals surface area contributed by atoms with E-state index in [0.29, 0.717) is 19.3 Å². The van der Waals surface area contributed by atoms with Crippen molar-refractivity contribution in [2.24, 2.45) is 22.2 Å². The second-order valence-electron chi connectivity index (χ2n) is 4.66. The van der Waals surface area contributed by atoms with Crippen LogP contribution < -0.4 is 17.2 Å². The molecule has 0 radical (unpaired) electrons. The molecule has 0 saturated carbocycles. The van der Waals surface area contributed by atoms with Crippen molar-refractivity contribution in [1.82, 2.24) is 0 Å². The zero-order valence-electron chi connectivity index (χ0n) is 11.9. The molecule has 116 valence electrons. The Kier molecular flexibility index (Phi) is 8.94. The molecule has 8 nitrogen and oxygen atoms in total. The van der Waals surface area contributed by atoms with Crippen molar-refractivity contribution >= 4 is 19.0 Å². The molecule has 0 spiro atoms. The fourth-order valence-corrected chi connectivity index (χ4v) is 1.76. The molecular formula is C11H25BN4O4. The number of esters is 1. The van der Waals surface area contributed by atoms with Gasteiger partial charge in [-0.05, 0) is 26.1 Å². The average Bonchev–Trinajstić information content (AvgIpc) is 2.34. The molecule has 0 aromatic heterocycles. The Morgan fingerprint density at radius 3 is 2.45 bits per heavy atom. The summed E-state index contributed by atoms with van der Waals surface area (Å²) in [5, 5.41) is 17.5. The maximum atomic E-state index is 11.9. The number of carbonyl (C=O) groups is 1. The maximum Gasteiger partial charge on any atom is 0.451 e. The number of hydrogen-bond donors (Lipinski definition) is 5. The molecule has 1 unspecified atom stereocenters. The van der Waals surface area contributed by atoms with Crippen LogP contribution in [0.4, 0.5) is 0 Å². The standard InChI is InChI=1S/C11H25BN4O4/c1-2-20-9(17)11(15,6-8-16-10(13)14)5-3-4-7-12(18)19/h18-19H,2-8,15H2,1H3,(H4,13,14,16). The first-order valence-corrected chi connectivity index (χ1v) is 6.69. The molecule has 0 rings (SSSR count). The molecule has 8 N–H and O–H groups in total. The van der Waals surface area contributed by atoms with Crippen molar-refractivity contribution < 1.29 is 19.6 Å². The Balaban J connectivity index is 4.45. The van der Waals surface area contributed by atoms with Crippen LogP contribution in [0.25, 0.3) is 0 Å². The van der Waals surface area contributed by atoms with Crippen molar-refractivity contribution in [3.63, 3.8) is 0 Å². The van der Waals surface area contributed by atoms with E-state index in [9.17, 15) is 4.79 Å². The SMILES string of the molecule is CCOC(=O)C(N)(CCCCB(O)O)CCN=C(N)N. The summed E-state index contributed by atoms with van der Waals surface area (Å²) in [4.78, 5) is 15.7. The molecule has 0 amide bonds. The van der Waals surface area contributed by atoms with E-state index in [1.165, 1.54) is 0 Å². The number of unbranched alkanes of at least 4 members (excludes halogenated alkanes) is 1. The first kappa shape index (κ1) is 18.7. The van der Waals surface area contributed by atoms with E-state index < -0.39 is 18.6 Å². The zero-order valence-corrected chi connectivity index (χ0v) is 11.9. The molecule has 0 aliphatic rings. The molecule has 9 heteroatoms. The van der Waals surface area contributed by atoms with E-state index in [2.05, 4.69) is 4.99 Å². The summed E-state index contributed by atoms with van der Waals surface area (Å²) >= 11 is 0. The minimum atomic E-state index is -1.34. The summed E-state index contributed by atoms with van der Waals surface area (Å²) in [5.41, 5.74) is 15.4. The maximum absolute atomic E-state index is 11.9. The summed E-state index contributed by atoms with van der Waals surface area (Å²) in [7, 11) is -1.34. The Labute approximate surface area is 119 Å². The molecular weight excluding hydrogens is 263 g/mol. The van der Waals surface area contributed by atoms with Crippen LogP contribution in [0.15, 0.2) is 4.99 Å². The number of ether oxygens (including phenoxy) is 1. The van der Waals surface area contributed by atoms with Crippen LogP contribution in [-0.2, 0) is 9.53 Å². The van der Waals surface area contributed by atoms with E-state index >= 15 is 0 Å². The first-order chi connectivity index (χ1) is 9.31. The van der Waals surface area contributed by atoms with Crippen LogP contribution in [0.2, 0.25) is 6.32 Å². The normalized spacial score (nSPS) is 13.4. The molecule has 0 heterocycles. The number of nitrogens with zero attached hydrogens (tertiary/aromatic N) is 1. The molecule has 1 atom stereocenters. The summed E-state index contributed by atoms with van der Waals surface area (Å²) < 4.78 is 4.97. The van der Waals surface area contributed by atoms with Gasteiger partial charge in [0.1, 0.15) is 5.54 Å². The predicted molar refractivity (Wildman–Crippen MR) is 77.7 cm³/mol. The number of carbonyl (C=O) groups excluding carboxylic acids is 1. The highest BCUT2D eigenvalue weighted by molar-refractivity contribution is 6.40. The lowest BCUT2D eigenvalue weighted by Crippen LogP contribution is -2.49. The van der Waals surface area contributed by atoms with Crippen LogP contribution in [0, 0.1) is 0 Å². The third kappa shape index (κ3) is 7.98. The van der Waals surface area contributed by atoms with Gasteiger partial charge < -0.3 is 32.0 Å². The second kappa shape index (κ2) is 9.57. The summed E-state index contributed by atoms with van der Waals surface area (Å²) in [6.07, 6.45) is 2.02. The minimum Gasteiger partial charge on any atom is -0.465 e. The van der Waals surface area contributed by atoms with Crippen molar-refractivity contribution in [1.29, 1.82) is 0 Å². The van der Waals surface area contributed by atoms with Crippen molar-refractivity contribution in [3.8, 4) is 0 Å². The van der Waals surface area contributed by atoms with Crippen molar-refractivity contribution in [2.75, 3.05) is 13.2 Å². The Bertz CT molecular complexity index is 324. The summed E-state index contributed by atoms with van der Waals surface area (Å²) in [5.74, 6) is -0.546. The Morgan fingerprint density at radius 1 is 1.30 bits per heavy atom. The average molecular weight is 288 g/mol. The van der Waals surface area contributed by atoms with Gasteiger partial charge in [-0.15, -0.1) is 0 Å². The van der Waals surface area contributed by atoms with Crippen LogP contribution >= 0.6 is 0 Å². The topological polar surface area (TPSA) is 157 Å². The van der Waals surface area contributed by atoms with E-state index in [0.717, 1.165) is 0 Å². The van der Waals surface area contributed by atoms with Crippen LogP contribution in [0.5, 0.6) is 0 Å². The molecule has 0 saturated heterocycles. The fourth-order valence-electron chi connectivity index (χ4n) is 1.76. The Morgan fingerprint density at radius 2 is 1.95 bits per heavy atom. The number of hydrogen-bond acceptors (Lipinski definition) is 6. The second-order valence-corrected chi connectivity index (χ2v) is 4.66. The van der Waals surface area contributed by atoms with Gasteiger partial charge in [-0.3, -0.25) is 9.79 Å². The highest BCUT2D eigenvalue weighted by atomic mass is 16.5. The van der Waals surface area contributed by atoms with Gasteiger partial charge in [0.15, 0.2) is 5.96 Å². The van der Waals surface area contributed by atoms with Gasteiger partial charge in [-0.2, -0.15) is 0 Å². The molecule has 20 heavy (non-hydrogen) atoms. The molecule has 0 aromatic rings. The van der Waals surface area contributed by atoms with Gasteiger partial charge >= 0.3 is 13.1 Å². The van der Waals surface area contributed by atoms with Crippen LogP contribution in [-0.4, -0.2) is 47.8 Å². The van der Waals surface area contributed by atoms with E-state index in [-0.39, 0.29) is 31.9 Å². The third-order valence-electron chi connectivity index (χ3n) is 2.87. The monoisotopic (exact) mass is 288 g/mol. The number of guanidine groups is 1. The largest absolute Gasteiger partial charge is 0.465 e. The van der Waals surface area contributed by atoms with E-state index in [4.69, 9.17) is 32.0 Å². The zero-order chi connectivity index (χ0) is 15.6. The van der Waals surface area contributed by atoms with Gasteiger partial charge in [-0.25, -0.2) is 0 Å². The van der Waals surface area contributed by atoms with E-state index in [1.54, 1.807) is 6.92 Å². The highest BCUT2D eigenvalue weighted by Crippen LogP contribution is 2.19. The first-order valence-electron chi connectivity index (χ1n) is 6.69. The van der Waals surface area contributed by atoms with Crippen LogP contribution in [0.3, 0.4) is 0 Å². The van der Waals surface area contributed by atoms with Gasteiger partial charge in [0.2, 0.25) is 0 Å². The van der Waals surface area contributed by atoms with Crippen LogP contribution in [0.1, 0.15) is 32.6 Å². The molecule has 0 aliphatic carbocycles. The third-order valence-corrected chi connectivity index (χ3v) is 2.87. The number of rotatable bonds is 10. The van der Waals surface area contributed by atoms with Gasteiger partial charge in [0.05, 0.1) is 6.61 Å². The van der Waals surface area contributed by atoms with Gasteiger partial charge in [-0.1, -0.05) is 12.8 Å². The highest BCUT2D eigenvalue weighted by Gasteiger charge is 2.34. The van der Waals surface area contributed by atoms with Gasteiger partial charge in [0.25, 0.3) is 0 Å². The molecule has 0 fully saturated rings. The predicted octanol–water partition coefficient (Wildman–Crippen LogP) is -1.45. The number of aliphatic imine (C=N–C) groups is 1. The number of nitrogens with two attached hydrogens (primary N) is 3. The van der Waals surface area contributed by atoms with Crippen molar-refractivity contribution in [2.45, 2.75) is 44.5 Å². The lowest BCUT2D eigenvalue weighted by Gasteiger charge is -2.26. The quantitative estimate of drug-likeness (QED) is 0.108. The van der Waals surface area contributed by atoms with E-state index in [1.807, 2.05) is 0 Å². The Hall–Kier alpha value is -1.32. The van der Waals surface area contributed by atoms with Crippen molar-refractivity contribution in [3.05, 3.63) is 0 Å². The fraction of sp³-hybridized carbons (Fsp3) is 0.818. The lowest BCUT2D eigenvalue weighted by atomic mass is 9.81. The molecule has 0 aromatic carbocycles. The minimum absolute atomic E-state index is 0.0559.